The lowest BCUT2D eigenvalue weighted by atomic mass is 10.1. The molecule has 0 bridgehead atoms. The quantitative estimate of drug-likeness (QED) is 0.700. The second-order valence-corrected chi connectivity index (χ2v) is 3.79. The van der Waals surface area contributed by atoms with Crippen molar-refractivity contribution in [3.63, 3.8) is 0 Å². The lowest BCUT2D eigenvalue weighted by Crippen LogP contribution is -2.33. The number of benzene rings is 1. The molecule has 5 heteroatoms. The number of amides is 2. The predicted octanol–water partition coefficient (Wildman–Crippen LogP) is 0.261. The topological polar surface area (TPSA) is 84.2 Å². The van der Waals surface area contributed by atoms with E-state index in [0.29, 0.717) is 5.69 Å². The van der Waals surface area contributed by atoms with Crippen molar-refractivity contribution >= 4 is 17.5 Å². The second kappa shape index (κ2) is 6.00. The number of likely N-dealkylation sites (N-methyl/N-ethyl adjacent to an activating group) is 1. The summed E-state index contributed by atoms with van der Waals surface area (Å²) in [4.78, 5) is 22.8. The molecule has 0 fully saturated rings. The standard InChI is InChI=1S/C12H17N3O2/c1-8(13)12(17)15-10-6-4-3-5-9(10)7-11(16)14-2/h3-6,8H,7,13H2,1-2H3,(H,14,16)(H,15,17). The van der Waals surface area contributed by atoms with E-state index in [-0.39, 0.29) is 18.2 Å². The van der Waals surface area contributed by atoms with Gasteiger partial charge < -0.3 is 16.4 Å². The van der Waals surface area contributed by atoms with E-state index < -0.39 is 6.04 Å². The number of carbonyl (C=O) groups excluding carboxylic acids is 2. The molecule has 0 aliphatic rings. The minimum Gasteiger partial charge on any atom is -0.359 e. The van der Waals surface area contributed by atoms with Gasteiger partial charge in [-0.15, -0.1) is 0 Å². The molecule has 1 aromatic rings. The molecule has 0 heterocycles. The molecule has 92 valence electrons. The van der Waals surface area contributed by atoms with Crippen molar-refractivity contribution in [2.75, 3.05) is 12.4 Å². The Bertz CT molecular complexity index is 416. The van der Waals surface area contributed by atoms with E-state index in [0.717, 1.165) is 5.56 Å². The van der Waals surface area contributed by atoms with Crippen LogP contribution in [-0.4, -0.2) is 24.9 Å². The maximum absolute atomic E-state index is 11.5. The van der Waals surface area contributed by atoms with Crippen LogP contribution in [0.2, 0.25) is 0 Å². The number of nitrogens with one attached hydrogen (secondary N) is 2. The van der Waals surface area contributed by atoms with E-state index in [1.165, 1.54) is 0 Å². The zero-order valence-corrected chi connectivity index (χ0v) is 9.99. The predicted molar refractivity (Wildman–Crippen MR) is 66.5 cm³/mol. The summed E-state index contributed by atoms with van der Waals surface area (Å²) in [6.07, 6.45) is 0.228. The first-order chi connectivity index (χ1) is 8.04. The van der Waals surface area contributed by atoms with Gasteiger partial charge in [-0.3, -0.25) is 9.59 Å². The van der Waals surface area contributed by atoms with Crippen molar-refractivity contribution in [3.8, 4) is 0 Å². The van der Waals surface area contributed by atoms with E-state index in [1.807, 2.05) is 6.07 Å². The van der Waals surface area contributed by atoms with Gasteiger partial charge in [-0.2, -0.15) is 0 Å². The summed E-state index contributed by atoms with van der Waals surface area (Å²) in [6, 6.07) is 6.58. The van der Waals surface area contributed by atoms with Gasteiger partial charge in [0.2, 0.25) is 11.8 Å². The first kappa shape index (κ1) is 13.2. The van der Waals surface area contributed by atoms with Crippen molar-refractivity contribution in [2.45, 2.75) is 19.4 Å². The van der Waals surface area contributed by atoms with Gasteiger partial charge in [0.15, 0.2) is 0 Å². The van der Waals surface area contributed by atoms with E-state index in [1.54, 1.807) is 32.2 Å². The summed E-state index contributed by atoms with van der Waals surface area (Å²) in [5.41, 5.74) is 6.86. The van der Waals surface area contributed by atoms with Crippen LogP contribution in [0.4, 0.5) is 5.69 Å². The highest BCUT2D eigenvalue weighted by Gasteiger charge is 2.11. The van der Waals surface area contributed by atoms with E-state index >= 15 is 0 Å². The Hall–Kier alpha value is -1.88. The van der Waals surface area contributed by atoms with Gasteiger partial charge in [-0.25, -0.2) is 0 Å². The number of hydrogen-bond donors (Lipinski definition) is 3. The SMILES string of the molecule is CNC(=O)Cc1ccccc1NC(=O)C(C)N. The van der Waals surface area contributed by atoms with Gasteiger partial charge in [0.25, 0.3) is 0 Å². The van der Waals surface area contributed by atoms with Crippen molar-refractivity contribution < 1.29 is 9.59 Å². The molecule has 17 heavy (non-hydrogen) atoms. The summed E-state index contributed by atoms with van der Waals surface area (Å²) in [5, 5.41) is 5.24. The maximum Gasteiger partial charge on any atom is 0.241 e. The molecule has 0 aliphatic carbocycles. The first-order valence-electron chi connectivity index (χ1n) is 5.39. The number of carbonyl (C=O) groups is 2. The van der Waals surface area contributed by atoms with Crippen molar-refractivity contribution in [2.24, 2.45) is 5.73 Å². The minimum absolute atomic E-state index is 0.104. The molecule has 5 nitrogen and oxygen atoms in total. The summed E-state index contributed by atoms with van der Waals surface area (Å²) in [6.45, 7) is 1.61. The van der Waals surface area contributed by atoms with Crippen LogP contribution in [0, 0.1) is 0 Å². The Morgan fingerprint density at radius 2 is 2.00 bits per heavy atom. The highest BCUT2D eigenvalue weighted by atomic mass is 16.2. The van der Waals surface area contributed by atoms with Gasteiger partial charge in [0, 0.05) is 12.7 Å². The molecule has 0 aliphatic heterocycles. The maximum atomic E-state index is 11.5. The molecule has 0 saturated carbocycles. The number of hydrogen-bond acceptors (Lipinski definition) is 3. The Kier molecular flexibility index (Phi) is 4.66. The summed E-state index contributed by atoms with van der Waals surface area (Å²) in [7, 11) is 1.57. The van der Waals surface area contributed by atoms with Crippen LogP contribution in [-0.2, 0) is 16.0 Å². The summed E-state index contributed by atoms with van der Waals surface area (Å²) >= 11 is 0. The molecule has 0 aromatic heterocycles. The third-order valence-corrected chi connectivity index (χ3v) is 2.32. The summed E-state index contributed by atoms with van der Waals surface area (Å²) in [5.74, 6) is -0.373. The fourth-order valence-corrected chi connectivity index (χ4v) is 1.30. The van der Waals surface area contributed by atoms with Gasteiger partial charge in [0.1, 0.15) is 0 Å². The highest BCUT2D eigenvalue weighted by Crippen LogP contribution is 2.15. The smallest absolute Gasteiger partial charge is 0.241 e. The molecule has 1 atom stereocenters. The Morgan fingerprint density at radius 3 is 2.59 bits per heavy atom. The van der Waals surface area contributed by atoms with Crippen molar-refractivity contribution in [1.29, 1.82) is 0 Å². The van der Waals surface area contributed by atoms with Crippen LogP contribution in [0.15, 0.2) is 24.3 Å². The Labute approximate surface area is 100 Å². The van der Waals surface area contributed by atoms with Crippen LogP contribution in [0.1, 0.15) is 12.5 Å². The number of rotatable bonds is 4. The normalized spacial score (nSPS) is 11.7. The van der Waals surface area contributed by atoms with Gasteiger partial charge in [-0.1, -0.05) is 18.2 Å². The Balaban J connectivity index is 2.84. The fraction of sp³-hybridized carbons (Fsp3) is 0.333. The van der Waals surface area contributed by atoms with Gasteiger partial charge in [0.05, 0.1) is 12.5 Å². The first-order valence-corrected chi connectivity index (χ1v) is 5.39. The van der Waals surface area contributed by atoms with E-state index in [2.05, 4.69) is 10.6 Å². The number of nitrogens with two attached hydrogens (primary N) is 1. The molecular formula is C12H17N3O2. The molecule has 2 amide bonds. The highest BCUT2D eigenvalue weighted by molar-refractivity contribution is 5.95. The fourth-order valence-electron chi connectivity index (χ4n) is 1.30. The van der Waals surface area contributed by atoms with Gasteiger partial charge in [-0.05, 0) is 18.6 Å². The zero-order chi connectivity index (χ0) is 12.8. The number of para-hydroxylation sites is 1. The van der Waals surface area contributed by atoms with E-state index in [4.69, 9.17) is 5.73 Å². The monoisotopic (exact) mass is 235 g/mol. The van der Waals surface area contributed by atoms with E-state index in [9.17, 15) is 9.59 Å². The molecule has 0 radical (unpaired) electrons. The third kappa shape index (κ3) is 3.88. The third-order valence-electron chi connectivity index (χ3n) is 2.32. The molecule has 0 spiro atoms. The summed E-state index contributed by atoms with van der Waals surface area (Å²) < 4.78 is 0. The number of anilines is 1. The van der Waals surface area contributed by atoms with Crippen LogP contribution in [0.25, 0.3) is 0 Å². The van der Waals surface area contributed by atoms with Crippen LogP contribution in [0.3, 0.4) is 0 Å². The average Bonchev–Trinajstić information content (AvgIpc) is 2.31. The minimum atomic E-state index is -0.581. The lowest BCUT2D eigenvalue weighted by Gasteiger charge is -2.12. The molecule has 0 saturated heterocycles. The van der Waals surface area contributed by atoms with Crippen LogP contribution < -0.4 is 16.4 Å². The molecule has 1 aromatic carbocycles. The molecule has 4 N–H and O–H groups in total. The van der Waals surface area contributed by atoms with Gasteiger partial charge >= 0.3 is 0 Å². The lowest BCUT2D eigenvalue weighted by molar-refractivity contribution is -0.120. The van der Waals surface area contributed by atoms with Crippen LogP contribution >= 0.6 is 0 Å². The zero-order valence-electron chi connectivity index (χ0n) is 9.99. The molecular weight excluding hydrogens is 218 g/mol. The van der Waals surface area contributed by atoms with Crippen LogP contribution in [0.5, 0.6) is 0 Å². The van der Waals surface area contributed by atoms with Crippen molar-refractivity contribution in [1.82, 2.24) is 5.32 Å². The Morgan fingerprint density at radius 1 is 1.35 bits per heavy atom. The molecule has 1 unspecified atom stereocenters. The second-order valence-electron chi connectivity index (χ2n) is 3.79. The average molecular weight is 235 g/mol. The molecule has 1 rings (SSSR count). The van der Waals surface area contributed by atoms with Crippen molar-refractivity contribution in [3.05, 3.63) is 29.8 Å². The largest absolute Gasteiger partial charge is 0.359 e.